The Balaban J connectivity index is 1.85. The molecule has 38 heavy (non-hydrogen) atoms. The minimum atomic E-state index is -4.94. The minimum Gasteiger partial charge on any atom is -0.478 e. The van der Waals surface area contributed by atoms with Gasteiger partial charge in [0.1, 0.15) is 17.2 Å². The fourth-order valence-electron chi connectivity index (χ4n) is 4.16. The molecule has 1 aliphatic heterocycles. The van der Waals surface area contributed by atoms with Crippen LogP contribution in [-0.4, -0.2) is 45.9 Å². The second-order valence-electron chi connectivity index (χ2n) is 8.93. The lowest BCUT2D eigenvalue weighted by molar-refractivity contribution is -0.137. The molecule has 0 radical (unpaired) electrons. The van der Waals surface area contributed by atoms with Gasteiger partial charge < -0.3 is 10.2 Å². The number of carboxylic acid groups (broad SMARTS) is 1. The zero-order valence-electron chi connectivity index (χ0n) is 20.2. The largest absolute Gasteiger partial charge is 0.478 e. The Morgan fingerprint density at radius 3 is 2.29 bits per heavy atom. The summed E-state index contributed by atoms with van der Waals surface area (Å²) in [5, 5.41) is 27.0. The van der Waals surface area contributed by atoms with Gasteiger partial charge in [-0.3, -0.25) is 10.3 Å². The van der Waals surface area contributed by atoms with Crippen LogP contribution in [0.15, 0.2) is 58.8 Å². The van der Waals surface area contributed by atoms with Crippen LogP contribution < -0.4 is 5.32 Å². The van der Waals surface area contributed by atoms with Gasteiger partial charge in [0, 0.05) is 31.3 Å². The SMILES string of the molecule is CN1N=C(Cc2cccc(C(F)(F)F)c2)CCC(C(C)(O)NCc2ccc(C(=O)O)c(F)c2)=C1C(F)(F)F. The molecule has 1 heterocycles. The Morgan fingerprint density at radius 1 is 1.03 bits per heavy atom. The molecule has 0 saturated carbocycles. The molecular weight excluding hydrogens is 523 g/mol. The number of carbonyl (C=O) groups is 1. The number of allylic oxidation sites excluding steroid dienone is 1. The van der Waals surface area contributed by atoms with E-state index in [4.69, 9.17) is 5.11 Å². The highest BCUT2D eigenvalue weighted by Gasteiger charge is 2.44. The van der Waals surface area contributed by atoms with Gasteiger partial charge in [0.15, 0.2) is 0 Å². The van der Waals surface area contributed by atoms with Crippen molar-refractivity contribution in [2.24, 2.45) is 5.10 Å². The third-order valence-electron chi connectivity index (χ3n) is 5.98. The maximum absolute atomic E-state index is 14.1. The van der Waals surface area contributed by atoms with Crippen molar-refractivity contribution in [3.8, 4) is 0 Å². The fraction of sp³-hybridized carbons (Fsp3) is 0.360. The van der Waals surface area contributed by atoms with Crippen molar-refractivity contribution in [3.05, 3.63) is 81.8 Å². The molecule has 0 bridgehead atoms. The second kappa shape index (κ2) is 10.7. The molecule has 0 aliphatic carbocycles. The monoisotopic (exact) mass is 547 g/mol. The van der Waals surface area contributed by atoms with Gasteiger partial charge in [-0.15, -0.1) is 0 Å². The lowest BCUT2D eigenvalue weighted by Gasteiger charge is -2.32. The van der Waals surface area contributed by atoms with Gasteiger partial charge in [0.25, 0.3) is 0 Å². The van der Waals surface area contributed by atoms with Crippen molar-refractivity contribution in [1.29, 1.82) is 0 Å². The van der Waals surface area contributed by atoms with Crippen molar-refractivity contribution in [1.82, 2.24) is 10.3 Å². The number of nitrogens with one attached hydrogen (secondary N) is 1. The molecule has 3 N–H and O–H groups in total. The van der Waals surface area contributed by atoms with E-state index in [1.54, 1.807) is 0 Å². The summed E-state index contributed by atoms with van der Waals surface area (Å²) in [6.07, 6.45) is -10.1. The number of halogens is 7. The third-order valence-corrected chi connectivity index (χ3v) is 5.98. The highest BCUT2D eigenvalue weighted by atomic mass is 19.4. The summed E-state index contributed by atoms with van der Waals surface area (Å²) in [5.74, 6) is -2.54. The summed E-state index contributed by atoms with van der Waals surface area (Å²) in [5.41, 5.74) is -4.91. The number of hydrogen-bond acceptors (Lipinski definition) is 5. The topological polar surface area (TPSA) is 85.2 Å². The van der Waals surface area contributed by atoms with Crippen LogP contribution in [0.25, 0.3) is 0 Å². The standard InChI is InChI=1S/C25H24F7N3O3/c1-23(38,33-13-15-6-8-18(22(36)37)20(26)12-15)19-9-7-17(34-35(2)21(19)25(30,31)32)11-14-4-3-5-16(10-14)24(27,28)29/h3-6,8,10,12,33,38H,7,9,11,13H2,1-2H3,(H,36,37). The molecule has 0 fully saturated rings. The van der Waals surface area contributed by atoms with Crippen molar-refractivity contribution < 1.29 is 45.7 Å². The summed E-state index contributed by atoms with van der Waals surface area (Å²) in [6, 6.07) is 7.54. The number of alkyl halides is 6. The number of aliphatic hydroxyl groups is 1. The fourth-order valence-corrected chi connectivity index (χ4v) is 4.16. The molecule has 2 aromatic rings. The number of rotatable bonds is 7. The van der Waals surface area contributed by atoms with E-state index in [9.17, 15) is 40.6 Å². The first-order chi connectivity index (χ1) is 17.5. The summed E-state index contributed by atoms with van der Waals surface area (Å²) in [7, 11) is 1.02. The highest BCUT2D eigenvalue weighted by molar-refractivity contribution is 5.88. The number of carboxylic acids is 1. The maximum atomic E-state index is 14.1. The average molecular weight is 547 g/mol. The van der Waals surface area contributed by atoms with E-state index in [0.29, 0.717) is 5.01 Å². The molecule has 1 aliphatic rings. The lowest BCUT2D eigenvalue weighted by Crippen LogP contribution is -2.46. The van der Waals surface area contributed by atoms with Crippen molar-refractivity contribution >= 4 is 11.7 Å². The first-order valence-electron chi connectivity index (χ1n) is 11.2. The van der Waals surface area contributed by atoms with E-state index in [-0.39, 0.29) is 42.6 Å². The van der Waals surface area contributed by atoms with Crippen LogP contribution in [0.5, 0.6) is 0 Å². The summed E-state index contributed by atoms with van der Waals surface area (Å²) < 4.78 is 95.4. The highest BCUT2D eigenvalue weighted by Crippen LogP contribution is 2.38. The number of benzene rings is 2. The van der Waals surface area contributed by atoms with Crippen LogP contribution in [-0.2, 0) is 19.1 Å². The van der Waals surface area contributed by atoms with Gasteiger partial charge in [-0.25, -0.2) is 9.18 Å². The molecule has 0 spiro atoms. The number of aromatic carboxylic acids is 1. The Bertz CT molecular complexity index is 1270. The molecule has 6 nitrogen and oxygen atoms in total. The zero-order chi connectivity index (χ0) is 28.5. The first kappa shape index (κ1) is 29.1. The van der Waals surface area contributed by atoms with Crippen LogP contribution in [0.3, 0.4) is 0 Å². The third kappa shape index (κ3) is 6.90. The smallest absolute Gasteiger partial charge is 0.433 e. The maximum Gasteiger partial charge on any atom is 0.433 e. The van der Waals surface area contributed by atoms with E-state index in [0.717, 1.165) is 38.2 Å². The van der Waals surface area contributed by atoms with Crippen LogP contribution in [0.1, 0.15) is 46.8 Å². The molecule has 1 atom stereocenters. The van der Waals surface area contributed by atoms with Gasteiger partial charge in [-0.2, -0.15) is 31.4 Å². The van der Waals surface area contributed by atoms with Gasteiger partial charge >= 0.3 is 18.3 Å². The molecule has 3 rings (SSSR count). The molecule has 2 aromatic carbocycles. The first-order valence-corrected chi connectivity index (χ1v) is 11.2. The lowest BCUT2D eigenvalue weighted by atomic mass is 9.93. The summed E-state index contributed by atoms with van der Waals surface area (Å²) >= 11 is 0. The molecule has 206 valence electrons. The average Bonchev–Trinajstić information content (AvgIpc) is 2.96. The zero-order valence-corrected chi connectivity index (χ0v) is 20.2. The van der Waals surface area contributed by atoms with Gasteiger partial charge in [0.05, 0.1) is 11.1 Å². The minimum absolute atomic E-state index is 0.0880. The Hall–Kier alpha value is -3.45. The van der Waals surface area contributed by atoms with Gasteiger partial charge in [-0.05, 0) is 49.1 Å². The van der Waals surface area contributed by atoms with E-state index >= 15 is 0 Å². The molecule has 1 unspecified atom stereocenters. The van der Waals surface area contributed by atoms with Crippen LogP contribution in [0.2, 0.25) is 0 Å². The number of hydrazone groups is 1. The quantitative estimate of drug-likeness (QED) is 0.316. The van der Waals surface area contributed by atoms with Crippen molar-refractivity contribution in [3.63, 3.8) is 0 Å². The van der Waals surface area contributed by atoms with Crippen LogP contribution >= 0.6 is 0 Å². The van der Waals surface area contributed by atoms with Crippen molar-refractivity contribution in [2.75, 3.05) is 7.05 Å². The van der Waals surface area contributed by atoms with E-state index in [2.05, 4.69) is 10.4 Å². The van der Waals surface area contributed by atoms with Crippen molar-refractivity contribution in [2.45, 2.75) is 50.8 Å². The summed E-state index contributed by atoms with van der Waals surface area (Å²) in [4.78, 5) is 11.0. The van der Waals surface area contributed by atoms with Crippen LogP contribution in [0.4, 0.5) is 30.7 Å². The normalized spacial score (nSPS) is 16.7. The van der Waals surface area contributed by atoms with Crippen LogP contribution in [0, 0.1) is 5.82 Å². The molecule has 0 amide bonds. The number of nitrogens with zero attached hydrogens (tertiary/aromatic N) is 2. The Morgan fingerprint density at radius 2 is 1.71 bits per heavy atom. The summed E-state index contributed by atoms with van der Waals surface area (Å²) in [6.45, 7) is 0.780. The molecule has 0 aromatic heterocycles. The predicted molar refractivity (Wildman–Crippen MR) is 123 cm³/mol. The molecule has 13 heteroatoms. The van der Waals surface area contributed by atoms with E-state index in [1.165, 1.54) is 18.2 Å². The Kier molecular flexibility index (Phi) is 8.22. The molecule has 0 saturated heterocycles. The Labute approximate surface area is 213 Å². The number of hydrogen-bond donors (Lipinski definition) is 3. The van der Waals surface area contributed by atoms with E-state index < -0.39 is 52.3 Å². The van der Waals surface area contributed by atoms with Gasteiger partial charge in [-0.1, -0.05) is 24.3 Å². The predicted octanol–water partition coefficient (Wildman–Crippen LogP) is 5.48. The molecular formula is C25H24F7N3O3. The second-order valence-corrected chi connectivity index (χ2v) is 8.93. The van der Waals surface area contributed by atoms with Gasteiger partial charge in [0.2, 0.25) is 0 Å². The van der Waals surface area contributed by atoms with E-state index in [1.807, 2.05) is 0 Å².